The van der Waals surface area contributed by atoms with E-state index < -0.39 is 5.54 Å². The van der Waals surface area contributed by atoms with Crippen molar-refractivity contribution in [3.05, 3.63) is 60.2 Å². The molecular formula is C22H28N2O4. The van der Waals surface area contributed by atoms with E-state index in [2.05, 4.69) is 0 Å². The Morgan fingerprint density at radius 3 is 2.29 bits per heavy atom. The third kappa shape index (κ3) is 5.47. The van der Waals surface area contributed by atoms with Gasteiger partial charge in [0, 0.05) is 20.3 Å². The fraction of sp³-hybridized carbons (Fsp3) is 0.409. The SMILES string of the molecule is CN(CCOc1ccc(OCc2ccccc2)cc1)C(=O)C1(N)CCOCC1. The largest absolute Gasteiger partial charge is 0.492 e. The Labute approximate surface area is 166 Å². The lowest BCUT2D eigenvalue weighted by Crippen LogP contribution is -2.57. The quantitative estimate of drug-likeness (QED) is 0.757. The Kier molecular flexibility index (Phi) is 6.90. The molecule has 28 heavy (non-hydrogen) atoms. The maximum atomic E-state index is 12.6. The summed E-state index contributed by atoms with van der Waals surface area (Å²) < 4.78 is 16.8. The molecule has 1 fully saturated rings. The number of likely N-dealkylation sites (N-methyl/N-ethyl adjacent to an activating group) is 1. The number of nitrogens with zero attached hydrogens (tertiary/aromatic N) is 1. The monoisotopic (exact) mass is 384 g/mol. The van der Waals surface area contributed by atoms with E-state index in [4.69, 9.17) is 19.9 Å². The molecule has 1 heterocycles. The van der Waals surface area contributed by atoms with Crippen molar-refractivity contribution in [2.45, 2.75) is 25.0 Å². The van der Waals surface area contributed by atoms with Gasteiger partial charge in [-0.25, -0.2) is 0 Å². The van der Waals surface area contributed by atoms with Gasteiger partial charge < -0.3 is 24.8 Å². The van der Waals surface area contributed by atoms with Crippen molar-refractivity contribution in [2.24, 2.45) is 5.73 Å². The van der Waals surface area contributed by atoms with Crippen molar-refractivity contribution < 1.29 is 19.0 Å². The minimum atomic E-state index is -0.815. The van der Waals surface area contributed by atoms with Crippen LogP contribution in [0.15, 0.2) is 54.6 Å². The first kappa shape index (κ1) is 20.2. The van der Waals surface area contributed by atoms with Gasteiger partial charge in [-0.05, 0) is 42.7 Å². The summed E-state index contributed by atoms with van der Waals surface area (Å²) in [7, 11) is 1.76. The van der Waals surface area contributed by atoms with Crippen LogP contribution in [0.4, 0.5) is 0 Å². The molecule has 1 amide bonds. The molecule has 2 aromatic carbocycles. The number of hydrogen-bond acceptors (Lipinski definition) is 5. The molecule has 2 N–H and O–H groups in total. The number of nitrogens with two attached hydrogens (primary N) is 1. The summed E-state index contributed by atoms with van der Waals surface area (Å²) in [4.78, 5) is 14.2. The zero-order valence-electron chi connectivity index (χ0n) is 16.3. The molecule has 0 unspecified atom stereocenters. The van der Waals surface area contributed by atoms with E-state index in [1.807, 2.05) is 54.6 Å². The van der Waals surface area contributed by atoms with E-state index in [0.29, 0.717) is 45.8 Å². The lowest BCUT2D eigenvalue weighted by Gasteiger charge is -2.35. The summed E-state index contributed by atoms with van der Waals surface area (Å²) in [5, 5.41) is 0. The van der Waals surface area contributed by atoms with Crippen molar-refractivity contribution in [1.82, 2.24) is 4.90 Å². The molecule has 3 rings (SSSR count). The van der Waals surface area contributed by atoms with Crippen LogP contribution in [0.1, 0.15) is 18.4 Å². The van der Waals surface area contributed by atoms with Gasteiger partial charge >= 0.3 is 0 Å². The highest BCUT2D eigenvalue weighted by Gasteiger charge is 2.37. The first-order valence-electron chi connectivity index (χ1n) is 9.59. The van der Waals surface area contributed by atoms with E-state index in [0.717, 1.165) is 17.1 Å². The third-order valence-corrected chi connectivity index (χ3v) is 4.93. The predicted molar refractivity (Wildman–Crippen MR) is 107 cm³/mol. The molecule has 6 heteroatoms. The summed E-state index contributed by atoms with van der Waals surface area (Å²) >= 11 is 0. The van der Waals surface area contributed by atoms with E-state index in [1.165, 1.54) is 0 Å². The lowest BCUT2D eigenvalue weighted by atomic mass is 9.90. The molecule has 0 atom stereocenters. The van der Waals surface area contributed by atoms with Crippen LogP contribution in [0.3, 0.4) is 0 Å². The molecule has 0 radical (unpaired) electrons. The van der Waals surface area contributed by atoms with E-state index >= 15 is 0 Å². The van der Waals surface area contributed by atoms with Gasteiger partial charge in [0.15, 0.2) is 0 Å². The number of hydrogen-bond donors (Lipinski definition) is 1. The molecule has 6 nitrogen and oxygen atoms in total. The Morgan fingerprint density at radius 2 is 1.64 bits per heavy atom. The van der Waals surface area contributed by atoms with Gasteiger partial charge in [-0.3, -0.25) is 4.79 Å². The number of benzene rings is 2. The minimum Gasteiger partial charge on any atom is -0.492 e. The Balaban J connectivity index is 1.41. The summed E-state index contributed by atoms with van der Waals surface area (Å²) in [6.45, 7) is 2.47. The number of carbonyl (C=O) groups excluding carboxylic acids is 1. The lowest BCUT2D eigenvalue weighted by molar-refractivity contribution is -0.139. The van der Waals surface area contributed by atoms with Crippen LogP contribution < -0.4 is 15.2 Å². The normalized spacial score (nSPS) is 15.6. The molecule has 0 spiro atoms. The van der Waals surface area contributed by atoms with Gasteiger partial charge in [0.2, 0.25) is 5.91 Å². The van der Waals surface area contributed by atoms with Crippen molar-refractivity contribution in [1.29, 1.82) is 0 Å². The van der Waals surface area contributed by atoms with Gasteiger partial charge in [0.25, 0.3) is 0 Å². The predicted octanol–water partition coefficient (Wildman–Crippen LogP) is 2.61. The maximum Gasteiger partial charge on any atom is 0.242 e. The molecule has 1 aliphatic rings. The van der Waals surface area contributed by atoms with Gasteiger partial charge in [0.1, 0.15) is 24.7 Å². The fourth-order valence-corrected chi connectivity index (χ4v) is 3.10. The average Bonchev–Trinajstić information content (AvgIpc) is 2.74. The van der Waals surface area contributed by atoms with E-state index in [9.17, 15) is 4.79 Å². The van der Waals surface area contributed by atoms with Crippen molar-refractivity contribution in [3.8, 4) is 11.5 Å². The zero-order chi connectivity index (χ0) is 19.8. The maximum absolute atomic E-state index is 12.6. The van der Waals surface area contributed by atoms with Crippen LogP contribution in [0.25, 0.3) is 0 Å². The Hall–Kier alpha value is -2.57. The summed E-state index contributed by atoms with van der Waals surface area (Å²) in [5.74, 6) is 1.47. The van der Waals surface area contributed by atoms with Crippen LogP contribution >= 0.6 is 0 Å². The van der Waals surface area contributed by atoms with E-state index in [1.54, 1.807) is 11.9 Å². The molecular weight excluding hydrogens is 356 g/mol. The van der Waals surface area contributed by atoms with Crippen LogP contribution in [0.2, 0.25) is 0 Å². The minimum absolute atomic E-state index is 0.0518. The van der Waals surface area contributed by atoms with Crippen LogP contribution in [0, 0.1) is 0 Å². The van der Waals surface area contributed by atoms with Crippen molar-refractivity contribution >= 4 is 5.91 Å². The highest BCUT2D eigenvalue weighted by Crippen LogP contribution is 2.21. The Bertz CT molecular complexity index is 743. The van der Waals surface area contributed by atoms with E-state index in [-0.39, 0.29) is 5.91 Å². The highest BCUT2D eigenvalue weighted by molar-refractivity contribution is 5.86. The second-order valence-corrected chi connectivity index (χ2v) is 7.09. The number of rotatable bonds is 8. The van der Waals surface area contributed by atoms with Crippen molar-refractivity contribution in [2.75, 3.05) is 33.4 Å². The smallest absolute Gasteiger partial charge is 0.242 e. The van der Waals surface area contributed by atoms with Gasteiger partial charge in [-0.15, -0.1) is 0 Å². The van der Waals surface area contributed by atoms with Crippen LogP contribution in [0.5, 0.6) is 11.5 Å². The van der Waals surface area contributed by atoms with Gasteiger partial charge in [-0.2, -0.15) is 0 Å². The fourth-order valence-electron chi connectivity index (χ4n) is 3.10. The third-order valence-electron chi connectivity index (χ3n) is 4.93. The molecule has 2 aromatic rings. The molecule has 0 aromatic heterocycles. The standard InChI is InChI=1S/C22H28N2O4/c1-24(21(25)22(23)11-14-26-15-12-22)13-16-27-19-7-9-20(10-8-19)28-17-18-5-3-2-4-6-18/h2-10H,11-17,23H2,1H3. The second kappa shape index (κ2) is 9.57. The molecule has 1 aliphatic heterocycles. The number of amides is 1. The zero-order valence-corrected chi connectivity index (χ0v) is 16.3. The topological polar surface area (TPSA) is 74.0 Å². The van der Waals surface area contributed by atoms with Crippen LogP contribution in [-0.2, 0) is 16.1 Å². The first-order valence-corrected chi connectivity index (χ1v) is 9.59. The molecule has 1 saturated heterocycles. The molecule has 150 valence electrons. The number of carbonyl (C=O) groups is 1. The van der Waals surface area contributed by atoms with Crippen LogP contribution in [-0.4, -0.2) is 49.8 Å². The van der Waals surface area contributed by atoms with Crippen molar-refractivity contribution in [3.63, 3.8) is 0 Å². The van der Waals surface area contributed by atoms with Gasteiger partial charge in [-0.1, -0.05) is 30.3 Å². The highest BCUT2D eigenvalue weighted by atomic mass is 16.5. The summed E-state index contributed by atoms with van der Waals surface area (Å²) in [5.41, 5.74) is 6.56. The second-order valence-electron chi connectivity index (χ2n) is 7.09. The summed E-state index contributed by atoms with van der Waals surface area (Å²) in [6.07, 6.45) is 1.11. The average molecular weight is 384 g/mol. The molecule has 0 aliphatic carbocycles. The summed E-state index contributed by atoms with van der Waals surface area (Å²) in [6, 6.07) is 17.5. The number of ether oxygens (including phenoxy) is 3. The van der Waals surface area contributed by atoms with Gasteiger partial charge in [0.05, 0.1) is 12.1 Å². The first-order chi connectivity index (χ1) is 13.6. The molecule has 0 saturated carbocycles. The molecule has 0 bridgehead atoms. The Morgan fingerprint density at radius 1 is 1.04 bits per heavy atom.